The molecule has 3 rings (SSSR count). The average molecular weight is 362 g/mol. The predicted octanol–water partition coefficient (Wildman–Crippen LogP) is 4.57. The average Bonchev–Trinajstić information content (AvgIpc) is 3.20. The fourth-order valence-electron chi connectivity index (χ4n) is 1.88. The van der Waals surface area contributed by atoms with Gasteiger partial charge in [-0.2, -0.15) is 0 Å². The number of anilines is 2. The van der Waals surface area contributed by atoms with E-state index in [-0.39, 0.29) is 11.2 Å². The van der Waals surface area contributed by atoms with Crippen LogP contribution in [0.3, 0.4) is 0 Å². The van der Waals surface area contributed by atoms with E-state index >= 15 is 0 Å². The zero-order valence-corrected chi connectivity index (χ0v) is 14.8. The number of aromatic nitrogens is 1. The number of nitrogens with two attached hydrogens (primary N) is 1. The first-order valence-corrected chi connectivity index (χ1v) is 9.58. The van der Waals surface area contributed by atoms with Crippen molar-refractivity contribution < 1.29 is 4.79 Å². The molecule has 2 heterocycles. The SMILES string of the molecule is CC(Sc1ccc(N)cc1)C(=O)Nc1nc(-c2cccs2)cs1. The van der Waals surface area contributed by atoms with Crippen molar-refractivity contribution in [3.05, 3.63) is 47.2 Å². The number of thiophene rings is 1. The Morgan fingerprint density at radius 1 is 1.26 bits per heavy atom. The molecule has 1 amide bonds. The molecule has 0 saturated carbocycles. The molecule has 1 aromatic carbocycles. The Morgan fingerprint density at radius 2 is 2.04 bits per heavy atom. The van der Waals surface area contributed by atoms with Crippen molar-refractivity contribution in [2.45, 2.75) is 17.1 Å². The van der Waals surface area contributed by atoms with Crippen LogP contribution in [0, 0.1) is 0 Å². The van der Waals surface area contributed by atoms with Crippen LogP contribution < -0.4 is 11.1 Å². The molecule has 2 aromatic heterocycles. The van der Waals surface area contributed by atoms with Crippen LogP contribution in [0.2, 0.25) is 0 Å². The van der Waals surface area contributed by atoms with Crippen molar-refractivity contribution in [2.75, 3.05) is 11.1 Å². The van der Waals surface area contributed by atoms with E-state index in [0.717, 1.165) is 21.2 Å². The van der Waals surface area contributed by atoms with Gasteiger partial charge in [0.25, 0.3) is 0 Å². The number of hydrogen-bond donors (Lipinski definition) is 2. The number of benzene rings is 1. The maximum Gasteiger partial charge on any atom is 0.239 e. The summed E-state index contributed by atoms with van der Waals surface area (Å²) in [5.74, 6) is -0.0566. The summed E-state index contributed by atoms with van der Waals surface area (Å²) >= 11 is 4.57. The van der Waals surface area contributed by atoms with Gasteiger partial charge in [-0.3, -0.25) is 4.79 Å². The number of amides is 1. The summed E-state index contributed by atoms with van der Waals surface area (Å²) in [5.41, 5.74) is 7.29. The molecule has 4 nitrogen and oxygen atoms in total. The van der Waals surface area contributed by atoms with Crippen LogP contribution in [-0.4, -0.2) is 16.1 Å². The van der Waals surface area contributed by atoms with Gasteiger partial charge in [0.2, 0.25) is 5.91 Å². The molecule has 118 valence electrons. The summed E-state index contributed by atoms with van der Waals surface area (Å²) in [6, 6.07) is 11.5. The molecule has 1 atom stereocenters. The Hall–Kier alpha value is -1.83. The van der Waals surface area contributed by atoms with Crippen LogP contribution in [0.4, 0.5) is 10.8 Å². The van der Waals surface area contributed by atoms with E-state index in [1.165, 1.54) is 23.1 Å². The lowest BCUT2D eigenvalue weighted by Gasteiger charge is -2.10. The number of carbonyl (C=O) groups is 1. The molecule has 0 fully saturated rings. The van der Waals surface area contributed by atoms with E-state index in [4.69, 9.17) is 5.73 Å². The smallest absolute Gasteiger partial charge is 0.239 e. The largest absolute Gasteiger partial charge is 0.399 e. The van der Waals surface area contributed by atoms with Gasteiger partial charge in [0.15, 0.2) is 5.13 Å². The molecule has 3 N–H and O–H groups in total. The first-order chi connectivity index (χ1) is 11.1. The van der Waals surface area contributed by atoms with Crippen LogP contribution in [-0.2, 0) is 4.79 Å². The molecule has 0 aliphatic carbocycles. The van der Waals surface area contributed by atoms with Crippen LogP contribution in [0.25, 0.3) is 10.6 Å². The number of rotatable bonds is 5. The highest BCUT2D eigenvalue weighted by Crippen LogP contribution is 2.29. The lowest BCUT2D eigenvalue weighted by Crippen LogP contribution is -2.22. The number of nitrogens with zero attached hydrogens (tertiary/aromatic N) is 1. The Bertz CT molecular complexity index is 781. The molecule has 3 aromatic rings. The fourth-order valence-corrected chi connectivity index (χ4v) is 4.22. The molecule has 0 radical (unpaired) electrons. The van der Waals surface area contributed by atoms with Gasteiger partial charge in [-0.1, -0.05) is 6.07 Å². The molecule has 1 unspecified atom stereocenters. The number of carbonyl (C=O) groups excluding carboxylic acids is 1. The summed E-state index contributed by atoms with van der Waals surface area (Å²) in [6.45, 7) is 1.88. The maximum atomic E-state index is 12.3. The zero-order valence-electron chi connectivity index (χ0n) is 12.4. The van der Waals surface area contributed by atoms with Crippen LogP contribution in [0.15, 0.2) is 52.1 Å². The van der Waals surface area contributed by atoms with Crippen LogP contribution >= 0.6 is 34.4 Å². The topological polar surface area (TPSA) is 68.0 Å². The van der Waals surface area contributed by atoms with E-state index < -0.39 is 0 Å². The van der Waals surface area contributed by atoms with E-state index in [1.807, 2.05) is 54.1 Å². The third-order valence-corrected chi connectivity index (χ3v) is 5.83. The van der Waals surface area contributed by atoms with E-state index in [0.29, 0.717) is 5.13 Å². The Kier molecular flexibility index (Phi) is 5.00. The number of nitrogen functional groups attached to an aromatic ring is 1. The van der Waals surface area contributed by atoms with Crippen LogP contribution in [0.1, 0.15) is 6.92 Å². The van der Waals surface area contributed by atoms with Gasteiger partial charge < -0.3 is 11.1 Å². The highest BCUT2D eigenvalue weighted by Gasteiger charge is 2.16. The molecule has 0 spiro atoms. The summed E-state index contributed by atoms with van der Waals surface area (Å²) in [6.07, 6.45) is 0. The molecular weight excluding hydrogens is 346 g/mol. The molecule has 0 aliphatic heterocycles. The highest BCUT2D eigenvalue weighted by molar-refractivity contribution is 8.00. The summed E-state index contributed by atoms with van der Waals surface area (Å²) in [4.78, 5) is 18.9. The zero-order chi connectivity index (χ0) is 16.2. The van der Waals surface area contributed by atoms with E-state index in [1.54, 1.807) is 11.3 Å². The molecule has 7 heteroatoms. The van der Waals surface area contributed by atoms with Gasteiger partial charge in [-0.15, -0.1) is 34.4 Å². The van der Waals surface area contributed by atoms with Gasteiger partial charge in [0.1, 0.15) is 0 Å². The third-order valence-electron chi connectivity index (χ3n) is 3.07. The van der Waals surface area contributed by atoms with Crippen molar-refractivity contribution >= 4 is 51.2 Å². The molecule has 0 saturated heterocycles. The third kappa shape index (κ3) is 4.13. The van der Waals surface area contributed by atoms with Crippen LogP contribution in [0.5, 0.6) is 0 Å². The minimum absolute atomic E-state index is 0.0566. The maximum absolute atomic E-state index is 12.3. The van der Waals surface area contributed by atoms with Crippen molar-refractivity contribution in [3.63, 3.8) is 0 Å². The predicted molar refractivity (Wildman–Crippen MR) is 100 cm³/mol. The quantitative estimate of drug-likeness (QED) is 0.516. The summed E-state index contributed by atoms with van der Waals surface area (Å²) < 4.78 is 0. The first-order valence-electron chi connectivity index (χ1n) is 6.94. The van der Waals surface area contributed by atoms with Crippen molar-refractivity contribution in [3.8, 4) is 10.6 Å². The number of nitrogens with one attached hydrogen (secondary N) is 1. The van der Waals surface area contributed by atoms with Gasteiger partial charge in [0, 0.05) is 16.0 Å². The molecule has 23 heavy (non-hydrogen) atoms. The lowest BCUT2D eigenvalue weighted by molar-refractivity contribution is -0.115. The van der Waals surface area contributed by atoms with Crippen molar-refractivity contribution in [1.29, 1.82) is 0 Å². The lowest BCUT2D eigenvalue weighted by atomic mass is 10.3. The van der Waals surface area contributed by atoms with E-state index in [9.17, 15) is 4.79 Å². The Morgan fingerprint density at radius 3 is 2.74 bits per heavy atom. The summed E-state index contributed by atoms with van der Waals surface area (Å²) in [5, 5.41) is 7.27. The molecule has 0 bridgehead atoms. The standard InChI is InChI=1S/C16H15N3OS3/c1-10(23-12-6-4-11(17)5-7-12)15(20)19-16-18-13(9-22-16)14-3-2-8-21-14/h2-10H,17H2,1H3,(H,18,19,20). The normalized spacial score (nSPS) is 12.0. The van der Waals surface area contributed by atoms with Crippen molar-refractivity contribution in [1.82, 2.24) is 4.98 Å². The number of thiazole rings is 1. The van der Waals surface area contributed by atoms with Gasteiger partial charge in [-0.05, 0) is 42.6 Å². The van der Waals surface area contributed by atoms with E-state index in [2.05, 4.69) is 10.3 Å². The Labute approximate surface area is 146 Å². The molecular formula is C16H15N3OS3. The Balaban J connectivity index is 1.61. The minimum atomic E-state index is -0.215. The second-order valence-corrected chi connectivity index (χ2v) is 8.05. The van der Waals surface area contributed by atoms with Crippen molar-refractivity contribution in [2.24, 2.45) is 0 Å². The second kappa shape index (κ2) is 7.16. The minimum Gasteiger partial charge on any atom is -0.399 e. The first kappa shape index (κ1) is 16.0. The number of hydrogen-bond acceptors (Lipinski definition) is 6. The van der Waals surface area contributed by atoms with Gasteiger partial charge in [0.05, 0.1) is 15.8 Å². The number of thioether (sulfide) groups is 1. The van der Waals surface area contributed by atoms with Gasteiger partial charge >= 0.3 is 0 Å². The fraction of sp³-hybridized carbons (Fsp3) is 0.125. The monoisotopic (exact) mass is 361 g/mol. The summed E-state index contributed by atoms with van der Waals surface area (Å²) in [7, 11) is 0. The molecule has 0 aliphatic rings. The van der Waals surface area contributed by atoms with Gasteiger partial charge in [-0.25, -0.2) is 4.98 Å². The second-order valence-electron chi connectivity index (χ2n) is 4.83. The highest BCUT2D eigenvalue weighted by atomic mass is 32.2.